The molecule has 1 amide bonds. The van der Waals surface area contributed by atoms with Crippen molar-refractivity contribution in [1.29, 1.82) is 0 Å². The van der Waals surface area contributed by atoms with Crippen LogP contribution in [0.4, 0.5) is 0 Å². The van der Waals surface area contributed by atoms with Gasteiger partial charge in [-0.3, -0.25) is 4.79 Å². The third-order valence-electron chi connectivity index (χ3n) is 3.88. The van der Waals surface area contributed by atoms with Crippen LogP contribution in [0.1, 0.15) is 56.0 Å². The Bertz CT molecular complexity index is 607. The highest BCUT2D eigenvalue weighted by Gasteiger charge is 2.36. The first kappa shape index (κ1) is 13.8. The summed E-state index contributed by atoms with van der Waals surface area (Å²) in [6, 6.07) is 3.75. The third-order valence-corrected chi connectivity index (χ3v) is 3.88. The van der Waals surface area contributed by atoms with Crippen LogP contribution in [0.3, 0.4) is 0 Å². The summed E-state index contributed by atoms with van der Waals surface area (Å²) in [5.74, 6) is 3.65. The molecule has 1 aliphatic rings. The minimum Gasteiger partial charge on any atom is -0.466 e. The molecule has 3 unspecified atom stereocenters. The van der Waals surface area contributed by atoms with E-state index in [1.54, 1.807) is 0 Å². The van der Waals surface area contributed by atoms with Gasteiger partial charge in [-0.15, -0.1) is 10.2 Å². The molecule has 3 atom stereocenters. The number of tetrazole rings is 1. The van der Waals surface area contributed by atoms with Gasteiger partial charge in [-0.1, -0.05) is 12.1 Å². The minimum absolute atomic E-state index is 0.0509. The van der Waals surface area contributed by atoms with E-state index in [9.17, 15) is 4.79 Å². The van der Waals surface area contributed by atoms with Gasteiger partial charge in [-0.2, -0.15) is 5.21 Å². The second-order valence-electron chi connectivity index (χ2n) is 5.68. The standard InChI is InChI=1S/C14H19N5O2/c1-8-7-11(8)12-5-3-10(21-12)4-6-13(20)15-9(2)14-16-18-19-17-14/h3,5,8-9,11H,4,6-7H2,1-2H3,(H,15,20)(H,16,17,18,19). The van der Waals surface area contributed by atoms with Gasteiger partial charge in [0, 0.05) is 18.8 Å². The van der Waals surface area contributed by atoms with Crippen molar-refractivity contribution in [2.24, 2.45) is 5.92 Å². The van der Waals surface area contributed by atoms with Gasteiger partial charge >= 0.3 is 0 Å². The molecule has 0 bridgehead atoms. The number of amides is 1. The van der Waals surface area contributed by atoms with Gasteiger partial charge in [0.05, 0.1) is 6.04 Å². The van der Waals surface area contributed by atoms with Gasteiger partial charge in [-0.05, 0) is 31.4 Å². The second-order valence-corrected chi connectivity index (χ2v) is 5.68. The molecular formula is C14H19N5O2. The van der Waals surface area contributed by atoms with Crippen molar-refractivity contribution in [2.45, 2.75) is 45.1 Å². The number of carbonyl (C=O) groups is 1. The number of hydrogen-bond donors (Lipinski definition) is 2. The van der Waals surface area contributed by atoms with Gasteiger partial charge in [0.1, 0.15) is 11.5 Å². The van der Waals surface area contributed by atoms with Crippen LogP contribution in [-0.2, 0) is 11.2 Å². The number of H-pyrrole nitrogens is 1. The Morgan fingerprint density at radius 1 is 1.57 bits per heavy atom. The van der Waals surface area contributed by atoms with E-state index < -0.39 is 0 Å². The highest BCUT2D eigenvalue weighted by atomic mass is 16.3. The minimum atomic E-state index is -0.254. The van der Waals surface area contributed by atoms with Crippen molar-refractivity contribution in [1.82, 2.24) is 25.9 Å². The van der Waals surface area contributed by atoms with Crippen molar-refractivity contribution < 1.29 is 9.21 Å². The summed E-state index contributed by atoms with van der Waals surface area (Å²) < 4.78 is 5.79. The smallest absolute Gasteiger partial charge is 0.221 e. The van der Waals surface area contributed by atoms with E-state index in [-0.39, 0.29) is 11.9 Å². The number of aromatic amines is 1. The van der Waals surface area contributed by atoms with Crippen LogP contribution in [0.15, 0.2) is 16.5 Å². The van der Waals surface area contributed by atoms with E-state index in [0.29, 0.717) is 24.6 Å². The van der Waals surface area contributed by atoms with Gasteiger partial charge < -0.3 is 9.73 Å². The molecule has 2 aromatic heterocycles. The lowest BCUT2D eigenvalue weighted by atomic mass is 10.2. The number of carbonyl (C=O) groups excluding carboxylic acids is 1. The molecule has 3 rings (SSSR count). The fourth-order valence-corrected chi connectivity index (χ4v) is 2.41. The number of aromatic nitrogens is 4. The number of aryl methyl sites for hydroxylation is 1. The Morgan fingerprint density at radius 3 is 3.05 bits per heavy atom. The average molecular weight is 289 g/mol. The van der Waals surface area contributed by atoms with Crippen molar-refractivity contribution >= 4 is 5.91 Å². The molecule has 1 saturated carbocycles. The lowest BCUT2D eigenvalue weighted by molar-refractivity contribution is -0.121. The van der Waals surface area contributed by atoms with Gasteiger partial charge in [0.25, 0.3) is 0 Å². The summed E-state index contributed by atoms with van der Waals surface area (Å²) in [5.41, 5.74) is 0. The Balaban J connectivity index is 1.46. The number of rotatable bonds is 6. The fraction of sp³-hybridized carbons (Fsp3) is 0.571. The first-order chi connectivity index (χ1) is 10.1. The maximum atomic E-state index is 11.9. The maximum Gasteiger partial charge on any atom is 0.221 e. The molecule has 0 spiro atoms. The molecule has 0 aliphatic heterocycles. The lowest BCUT2D eigenvalue weighted by Gasteiger charge is -2.09. The molecule has 0 radical (unpaired) electrons. The molecule has 0 aromatic carbocycles. The Hall–Kier alpha value is -2.18. The predicted molar refractivity (Wildman–Crippen MR) is 74.3 cm³/mol. The molecule has 1 aliphatic carbocycles. The van der Waals surface area contributed by atoms with E-state index in [2.05, 4.69) is 32.9 Å². The van der Waals surface area contributed by atoms with Crippen LogP contribution >= 0.6 is 0 Å². The number of nitrogens with one attached hydrogen (secondary N) is 2. The fourth-order valence-electron chi connectivity index (χ4n) is 2.41. The Labute approximate surface area is 122 Å². The van der Waals surface area contributed by atoms with Crippen molar-refractivity contribution in [3.8, 4) is 0 Å². The highest BCUT2D eigenvalue weighted by Crippen LogP contribution is 2.47. The Morgan fingerprint density at radius 2 is 2.38 bits per heavy atom. The summed E-state index contributed by atoms with van der Waals surface area (Å²) in [5, 5.41) is 16.4. The van der Waals surface area contributed by atoms with Crippen LogP contribution in [0.25, 0.3) is 0 Å². The molecule has 1 fully saturated rings. The zero-order chi connectivity index (χ0) is 14.8. The maximum absolute atomic E-state index is 11.9. The first-order valence-electron chi connectivity index (χ1n) is 7.25. The highest BCUT2D eigenvalue weighted by molar-refractivity contribution is 5.76. The summed E-state index contributed by atoms with van der Waals surface area (Å²) in [7, 11) is 0. The van der Waals surface area contributed by atoms with E-state index in [0.717, 1.165) is 17.4 Å². The lowest BCUT2D eigenvalue weighted by Crippen LogP contribution is -2.27. The third kappa shape index (κ3) is 3.29. The zero-order valence-corrected chi connectivity index (χ0v) is 12.2. The monoisotopic (exact) mass is 289 g/mol. The van der Waals surface area contributed by atoms with Gasteiger partial charge in [-0.25, -0.2) is 0 Å². The van der Waals surface area contributed by atoms with Gasteiger partial charge in [0.2, 0.25) is 5.91 Å². The average Bonchev–Trinajstić information content (AvgIpc) is 2.93. The molecular weight excluding hydrogens is 270 g/mol. The van der Waals surface area contributed by atoms with E-state index >= 15 is 0 Å². The number of hydrogen-bond acceptors (Lipinski definition) is 5. The molecule has 7 heteroatoms. The van der Waals surface area contributed by atoms with Crippen LogP contribution in [0.2, 0.25) is 0 Å². The van der Waals surface area contributed by atoms with Crippen LogP contribution < -0.4 is 5.32 Å². The van der Waals surface area contributed by atoms with Crippen LogP contribution in [0.5, 0.6) is 0 Å². The molecule has 2 heterocycles. The SMILES string of the molecule is CC(NC(=O)CCc1ccc(C2CC2C)o1)c1nn[nH]n1. The number of nitrogens with zero attached hydrogens (tertiary/aromatic N) is 3. The van der Waals surface area contributed by atoms with Crippen molar-refractivity contribution in [3.63, 3.8) is 0 Å². The summed E-state index contributed by atoms with van der Waals surface area (Å²) in [4.78, 5) is 11.9. The number of furan rings is 1. The van der Waals surface area contributed by atoms with E-state index in [1.807, 2.05) is 19.1 Å². The Kier molecular flexibility index (Phi) is 3.72. The summed E-state index contributed by atoms with van der Waals surface area (Å²) in [6.07, 6.45) is 2.19. The van der Waals surface area contributed by atoms with Crippen LogP contribution in [0, 0.1) is 5.92 Å². The van der Waals surface area contributed by atoms with Crippen molar-refractivity contribution in [2.75, 3.05) is 0 Å². The van der Waals surface area contributed by atoms with Crippen LogP contribution in [-0.4, -0.2) is 26.5 Å². The van der Waals surface area contributed by atoms with Crippen molar-refractivity contribution in [3.05, 3.63) is 29.5 Å². The molecule has 2 N–H and O–H groups in total. The summed E-state index contributed by atoms with van der Waals surface area (Å²) >= 11 is 0. The quantitative estimate of drug-likeness (QED) is 0.844. The molecule has 2 aromatic rings. The zero-order valence-electron chi connectivity index (χ0n) is 12.2. The summed E-state index contributed by atoms with van der Waals surface area (Å²) in [6.45, 7) is 4.04. The second kappa shape index (κ2) is 5.67. The largest absolute Gasteiger partial charge is 0.466 e. The van der Waals surface area contributed by atoms with Gasteiger partial charge in [0.15, 0.2) is 5.82 Å². The van der Waals surface area contributed by atoms with E-state index in [4.69, 9.17) is 4.42 Å². The predicted octanol–water partition coefficient (Wildman–Crippen LogP) is 1.73. The molecule has 21 heavy (non-hydrogen) atoms. The molecule has 0 saturated heterocycles. The van der Waals surface area contributed by atoms with E-state index in [1.165, 1.54) is 6.42 Å². The first-order valence-corrected chi connectivity index (χ1v) is 7.25. The molecule has 7 nitrogen and oxygen atoms in total. The topological polar surface area (TPSA) is 96.7 Å². The molecule has 112 valence electrons. The normalized spacial score (nSPS) is 22.0.